The van der Waals surface area contributed by atoms with Crippen LogP contribution in [-0.2, 0) is 11.3 Å². The van der Waals surface area contributed by atoms with Crippen LogP contribution in [0.25, 0.3) is 0 Å². The first-order valence-electron chi connectivity index (χ1n) is 8.92. The Hall–Kier alpha value is -1.30. The zero-order valence-corrected chi connectivity index (χ0v) is 16.1. The summed E-state index contributed by atoms with van der Waals surface area (Å²) in [6, 6.07) is 5.49. The van der Waals surface area contributed by atoms with Gasteiger partial charge >= 0.3 is 0 Å². The smallest absolute Gasteiger partial charge is 0.239 e. The van der Waals surface area contributed by atoms with Crippen molar-refractivity contribution in [3.63, 3.8) is 0 Å². The standard InChI is InChI=1S/C19H28ClN3O2/c1-22(12-14-10-15(20)4-5-17(14)25-3)18(24)16-11-19(13-23(16)2)6-8-21-9-7-19/h4-5,10,16,21H,6-9,11-13H2,1-3H3/t16-/m0/s1. The van der Waals surface area contributed by atoms with Gasteiger partial charge in [0.15, 0.2) is 0 Å². The Morgan fingerprint density at radius 1 is 1.44 bits per heavy atom. The lowest BCUT2D eigenvalue weighted by Gasteiger charge is -2.33. The molecule has 1 aromatic rings. The van der Waals surface area contributed by atoms with Gasteiger partial charge in [-0.3, -0.25) is 9.69 Å². The molecule has 0 aromatic heterocycles. The van der Waals surface area contributed by atoms with Crippen LogP contribution in [0.1, 0.15) is 24.8 Å². The number of nitrogens with one attached hydrogen (secondary N) is 1. The number of rotatable bonds is 4. The molecule has 3 rings (SSSR count). The third-order valence-electron chi connectivity index (χ3n) is 5.72. The molecule has 25 heavy (non-hydrogen) atoms. The van der Waals surface area contributed by atoms with Gasteiger partial charge in [0.25, 0.3) is 0 Å². The Morgan fingerprint density at radius 2 is 2.16 bits per heavy atom. The maximum absolute atomic E-state index is 13.1. The van der Waals surface area contributed by atoms with E-state index in [1.54, 1.807) is 18.1 Å². The molecule has 0 bridgehead atoms. The fraction of sp³-hybridized carbons (Fsp3) is 0.632. The van der Waals surface area contributed by atoms with Crippen LogP contribution in [0.5, 0.6) is 5.75 Å². The van der Waals surface area contributed by atoms with Crippen molar-refractivity contribution in [3.05, 3.63) is 28.8 Å². The van der Waals surface area contributed by atoms with Crippen molar-refractivity contribution in [2.24, 2.45) is 5.41 Å². The van der Waals surface area contributed by atoms with Gasteiger partial charge in [-0.25, -0.2) is 0 Å². The lowest BCUT2D eigenvalue weighted by Crippen LogP contribution is -2.42. The first-order valence-corrected chi connectivity index (χ1v) is 9.30. The summed E-state index contributed by atoms with van der Waals surface area (Å²) < 4.78 is 5.40. The maximum Gasteiger partial charge on any atom is 0.239 e. The number of carbonyl (C=O) groups excluding carboxylic acids is 1. The molecule has 2 saturated heterocycles. The first kappa shape index (κ1) is 18.5. The number of hydrogen-bond acceptors (Lipinski definition) is 4. The molecule has 1 N–H and O–H groups in total. The Labute approximate surface area is 155 Å². The number of halogens is 1. The molecule has 5 nitrogen and oxygen atoms in total. The molecule has 1 amide bonds. The molecule has 2 aliphatic rings. The SMILES string of the molecule is COc1ccc(Cl)cc1CN(C)C(=O)[C@@H]1CC2(CCNCC2)CN1C. The van der Waals surface area contributed by atoms with Gasteiger partial charge in [0.2, 0.25) is 5.91 Å². The van der Waals surface area contributed by atoms with E-state index >= 15 is 0 Å². The number of amides is 1. The molecule has 2 aliphatic heterocycles. The highest BCUT2D eigenvalue weighted by Crippen LogP contribution is 2.41. The summed E-state index contributed by atoms with van der Waals surface area (Å²) in [5.74, 6) is 0.943. The highest BCUT2D eigenvalue weighted by Gasteiger charge is 2.46. The lowest BCUT2D eigenvalue weighted by atomic mass is 9.77. The molecular weight excluding hydrogens is 338 g/mol. The van der Waals surface area contributed by atoms with Crippen molar-refractivity contribution in [1.29, 1.82) is 0 Å². The van der Waals surface area contributed by atoms with Crippen LogP contribution in [0, 0.1) is 5.41 Å². The van der Waals surface area contributed by atoms with Gasteiger partial charge in [-0.15, -0.1) is 0 Å². The van der Waals surface area contributed by atoms with Crippen LogP contribution in [0.3, 0.4) is 0 Å². The minimum absolute atomic E-state index is 0.0340. The summed E-state index contributed by atoms with van der Waals surface area (Å²) in [6.07, 6.45) is 3.28. The average molecular weight is 366 g/mol. The molecule has 0 aliphatic carbocycles. The molecule has 2 fully saturated rings. The number of nitrogens with zero attached hydrogens (tertiary/aromatic N) is 2. The van der Waals surface area contributed by atoms with Crippen LogP contribution in [0.15, 0.2) is 18.2 Å². The summed E-state index contributed by atoms with van der Waals surface area (Å²) in [5.41, 5.74) is 1.23. The van der Waals surface area contributed by atoms with Gasteiger partial charge in [0.1, 0.15) is 5.75 Å². The molecule has 1 aromatic carbocycles. The number of piperidine rings is 1. The Kier molecular flexibility index (Phi) is 5.56. The van der Waals surface area contributed by atoms with E-state index < -0.39 is 0 Å². The summed E-state index contributed by atoms with van der Waals surface area (Å²) in [4.78, 5) is 17.1. The van der Waals surface area contributed by atoms with E-state index in [9.17, 15) is 4.79 Å². The molecule has 0 radical (unpaired) electrons. The second-order valence-corrected chi connectivity index (χ2v) is 7.97. The Bertz CT molecular complexity index is 631. The zero-order chi connectivity index (χ0) is 18.0. The highest BCUT2D eigenvalue weighted by atomic mass is 35.5. The number of methoxy groups -OCH3 is 1. The summed E-state index contributed by atoms with van der Waals surface area (Å²) in [5, 5.41) is 4.08. The molecule has 0 saturated carbocycles. The van der Waals surface area contributed by atoms with Crippen molar-refractivity contribution in [2.75, 3.05) is 40.8 Å². The predicted molar refractivity (Wildman–Crippen MR) is 100 cm³/mol. The van der Waals surface area contributed by atoms with E-state index in [-0.39, 0.29) is 11.9 Å². The fourth-order valence-corrected chi connectivity index (χ4v) is 4.52. The third-order valence-corrected chi connectivity index (χ3v) is 5.95. The molecule has 1 spiro atoms. The van der Waals surface area contributed by atoms with Crippen LogP contribution in [0.2, 0.25) is 5.02 Å². The lowest BCUT2D eigenvalue weighted by molar-refractivity contribution is -0.134. The number of ether oxygens (including phenoxy) is 1. The minimum Gasteiger partial charge on any atom is -0.496 e. The van der Waals surface area contributed by atoms with E-state index in [1.165, 1.54) is 0 Å². The maximum atomic E-state index is 13.1. The first-order chi connectivity index (χ1) is 11.9. The van der Waals surface area contributed by atoms with E-state index in [4.69, 9.17) is 16.3 Å². The summed E-state index contributed by atoms with van der Waals surface area (Å²) in [7, 11) is 5.58. The molecule has 2 heterocycles. The summed E-state index contributed by atoms with van der Waals surface area (Å²) in [6.45, 7) is 3.63. The largest absolute Gasteiger partial charge is 0.496 e. The minimum atomic E-state index is -0.0340. The predicted octanol–water partition coefficient (Wildman–Crippen LogP) is 2.38. The number of likely N-dealkylation sites (N-methyl/N-ethyl adjacent to an activating group) is 2. The van der Waals surface area contributed by atoms with Crippen molar-refractivity contribution in [1.82, 2.24) is 15.1 Å². The summed E-state index contributed by atoms with van der Waals surface area (Å²) >= 11 is 6.11. The van der Waals surface area contributed by atoms with E-state index in [0.717, 1.165) is 50.2 Å². The second kappa shape index (κ2) is 7.52. The molecule has 0 unspecified atom stereocenters. The van der Waals surface area contributed by atoms with Crippen LogP contribution < -0.4 is 10.1 Å². The Morgan fingerprint density at radius 3 is 2.84 bits per heavy atom. The highest BCUT2D eigenvalue weighted by molar-refractivity contribution is 6.30. The van der Waals surface area contributed by atoms with Gasteiger partial charge in [0.05, 0.1) is 13.2 Å². The quantitative estimate of drug-likeness (QED) is 0.889. The molecular formula is C19H28ClN3O2. The normalized spacial score (nSPS) is 23.0. The van der Waals surface area contributed by atoms with Crippen molar-refractivity contribution in [3.8, 4) is 5.75 Å². The number of likely N-dealkylation sites (tertiary alicyclic amines) is 1. The number of hydrogen-bond donors (Lipinski definition) is 1. The third kappa shape index (κ3) is 3.94. The van der Waals surface area contributed by atoms with Gasteiger partial charge in [-0.05, 0) is 63.0 Å². The average Bonchev–Trinajstić information content (AvgIpc) is 2.90. The monoisotopic (exact) mass is 365 g/mol. The van der Waals surface area contributed by atoms with Crippen molar-refractivity contribution in [2.45, 2.75) is 31.8 Å². The van der Waals surface area contributed by atoms with Gasteiger partial charge in [-0.1, -0.05) is 11.6 Å². The molecule has 138 valence electrons. The van der Waals surface area contributed by atoms with Crippen LogP contribution >= 0.6 is 11.6 Å². The van der Waals surface area contributed by atoms with Gasteiger partial charge < -0.3 is 15.0 Å². The number of benzene rings is 1. The number of carbonyl (C=O) groups is 1. The van der Waals surface area contributed by atoms with E-state index in [2.05, 4.69) is 17.3 Å². The van der Waals surface area contributed by atoms with Gasteiger partial charge in [0, 0.05) is 30.7 Å². The Balaban J connectivity index is 1.69. The second-order valence-electron chi connectivity index (χ2n) is 7.54. The topological polar surface area (TPSA) is 44.8 Å². The van der Waals surface area contributed by atoms with Crippen molar-refractivity contribution >= 4 is 17.5 Å². The van der Waals surface area contributed by atoms with Crippen LogP contribution in [-0.4, -0.2) is 62.6 Å². The van der Waals surface area contributed by atoms with E-state index in [0.29, 0.717) is 17.0 Å². The molecule has 1 atom stereocenters. The zero-order valence-electron chi connectivity index (χ0n) is 15.3. The van der Waals surface area contributed by atoms with E-state index in [1.807, 2.05) is 19.2 Å². The fourth-order valence-electron chi connectivity index (χ4n) is 4.32. The van der Waals surface area contributed by atoms with Gasteiger partial charge in [-0.2, -0.15) is 0 Å². The van der Waals surface area contributed by atoms with Crippen LogP contribution in [0.4, 0.5) is 0 Å². The van der Waals surface area contributed by atoms with Crippen molar-refractivity contribution < 1.29 is 9.53 Å². The molecule has 6 heteroatoms.